The molecule has 5 rings (SSSR count). The standard InChI is InChI=1S/C25H22ClN5O2S/c1-32-17-9-10-19(21(14-17)33-2)31-24(23(29-25(31)34)18-6-3-4-12-27-18)20-7-5-13-30(20)22-11-8-16(26)15-28-22/h3-15,23-24H,1-2H3,(H,29,34)/t23-,24+/m0/s1. The van der Waals surface area contributed by atoms with Crippen molar-refractivity contribution in [2.75, 3.05) is 19.1 Å². The fourth-order valence-corrected chi connectivity index (χ4v) is 4.70. The van der Waals surface area contributed by atoms with Crippen LogP contribution in [-0.2, 0) is 0 Å². The summed E-state index contributed by atoms with van der Waals surface area (Å²) in [5.74, 6) is 2.10. The molecular formula is C25H22ClN5O2S. The Morgan fingerprint density at radius 2 is 1.88 bits per heavy atom. The summed E-state index contributed by atoms with van der Waals surface area (Å²) in [7, 11) is 3.26. The van der Waals surface area contributed by atoms with Crippen molar-refractivity contribution >= 4 is 34.6 Å². The van der Waals surface area contributed by atoms with Crippen LogP contribution >= 0.6 is 23.8 Å². The summed E-state index contributed by atoms with van der Waals surface area (Å²) in [6.07, 6.45) is 5.40. The highest BCUT2D eigenvalue weighted by atomic mass is 35.5. The third-order valence-corrected chi connectivity index (χ3v) is 6.32. The average molecular weight is 492 g/mol. The maximum absolute atomic E-state index is 6.08. The van der Waals surface area contributed by atoms with Gasteiger partial charge in [0, 0.05) is 30.4 Å². The lowest BCUT2D eigenvalue weighted by molar-refractivity contribution is 0.394. The Hall–Kier alpha value is -3.62. The Kier molecular flexibility index (Phi) is 6.08. The van der Waals surface area contributed by atoms with Gasteiger partial charge in [0.05, 0.1) is 36.7 Å². The molecule has 1 aliphatic rings. The quantitative estimate of drug-likeness (QED) is 0.376. The monoisotopic (exact) mass is 491 g/mol. The van der Waals surface area contributed by atoms with Gasteiger partial charge in [-0.25, -0.2) is 4.98 Å². The third-order valence-electron chi connectivity index (χ3n) is 5.79. The minimum atomic E-state index is -0.239. The van der Waals surface area contributed by atoms with Crippen molar-refractivity contribution in [3.05, 3.63) is 95.7 Å². The van der Waals surface area contributed by atoms with Crippen molar-refractivity contribution in [3.8, 4) is 17.3 Å². The lowest BCUT2D eigenvalue weighted by Gasteiger charge is -2.30. The lowest BCUT2D eigenvalue weighted by Crippen LogP contribution is -2.30. The molecule has 0 amide bonds. The summed E-state index contributed by atoms with van der Waals surface area (Å²) < 4.78 is 13.2. The molecule has 34 heavy (non-hydrogen) atoms. The summed E-state index contributed by atoms with van der Waals surface area (Å²) in [4.78, 5) is 11.2. The van der Waals surface area contributed by atoms with Crippen molar-refractivity contribution in [1.29, 1.82) is 0 Å². The van der Waals surface area contributed by atoms with Gasteiger partial charge in [0.1, 0.15) is 23.4 Å². The second-order valence-corrected chi connectivity index (χ2v) is 8.50. The number of rotatable bonds is 6. The van der Waals surface area contributed by atoms with E-state index in [2.05, 4.69) is 26.3 Å². The second-order valence-electron chi connectivity index (χ2n) is 7.67. The fourth-order valence-electron chi connectivity index (χ4n) is 4.25. The number of benzene rings is 1. The SMILES string of the molecule is COc1ccc(N2C(=S)N[C@@H](c3ccccn3)[C@H]2c2cccn2-c2ccc(Cl)cn2)c(OC)c1. The number of aromatic nitrogens is 3. The highest BCUT2D eigenvalue weighted by molar-refractivity contribution is 7.80. The van der Waals surface area contributed by atoms with Crippen LogP contribution in [0.1, 0.15) is 23.5 Å². The number of halogens is 1. The number of methoxy groups -OCH3 is 2. The van der Waals surface area contributed by atoms with Crippen LogP contribution in [-0.4, -0.2) is 33.9 Å². The minimum Gasteiger partial charge on any atom is -0.497 e. The third kappa shape index (κ3) is 3.95. The highest BCUT2D eigenvalue weighted by Gasteiger charge is 2.43. The topological polar surface area (TPSA) is 64.4 Å². The van der Waals surface area contributed by atoms with Crippen molar-refractivity contribution in [1.82, 2.24) is 19.9 Å². The van der Waals surface area contributed by atoms with E-state index in [1.807, 2.05) is 65.4 Å². The van der Waals surface area contributed by atoms with Crippen LogP contribution in [0.3, 0.4) is 0 Å². The predicted octanol–water partition coefficient (Wildman–Crippen LogP) is 5.12. The zero-order valence-electron chi connectivity index (χ0n) is 18.6. The average Bonchev–Trinajstić information content (AvgIpc) is 3.49. The van der Waals surface area contributed by atoms with Crippen LogP contribution in [0.4, 0.5) is 5.69 Å². The highest BCUT2D eigenvalue weighted by Crippen LogP contribution is 2.45. The van der Waals surface area contributed by atoms with Gasteiger partial charge >= 0.3 is 0 Å². The molecule has 1 aliphatic heterocycles. The number of nitrogens with zero attached hydrogens (tertiary/aromatic N) is 4. The largest absolute Gasteiger partial charge is 0.497 e. The van der Waals surface area contributed by atoms with E-state index in [1.54, 1.807) is 26.6 Å². The lowest BCUT2D eigenvalue weighted by atomic mass is 10.0. The first kappa shape index (κ1) is 22.2. The van der Waals surface area contributed by atoms with Crippen LogP contribution in [0, 0.1) is 0 Å². The van der Waals surface area contributed by atoms with Gasteiger partial charge in [-0.2, -0.15) is 0 Å². The van der Waals surface area contributed by atoms with Gasteiger partial charge in [-0.3, -0.25) is 4.98 Å². The minimum absolute atomic E-state index is 0.207. The number of ether oxygens (including phenoxy) is 2. The molecule has 1 aromatic carbocycles. The molecule has 0 saturated carbocycles. The first-order valence-corrected chi connectivity index (χ1v) is 11.4. The van der Waals surface area contributed by atoms with Crippen LogP contribution in [0.5, 0.6) is 11.5 Å². The van der Waals surface area contributed by atoms with Crippen LogP contribution in [0.2, 0.25) is 5.02 Å². The molecule has 172 valence electrons. The number of anilines is 1. The smallest absolute Gasteiger partial charge is 0.174 e. The maximum Gasteiger partial charge on any atom is 0.174 e. The van der Waals surface area contributed by atoms with E-state index >= 15 is 0 Å². The van der Waals surface area contributed by atoms with E-state index in [9.17, 15) is 0 Å². The van der Waals surface area contributed by atoms with E-state index < -0.39 is 0 Å². The van der Waals surface area contributed by atoms with E-state index in [1.165, 1.54) is 0 Å². The van der Waals surface area contributed by atoms with Crippen molar-refractivity contribution in [3.63, 3.8) is 0 Å². The molecule has 1 N–H and O–H groups in total. The van der Waals surface area contributed by atoms with Crippen LogP contribution in [0.15, 0.2) is 79.3 Å². The molecule has 0 bridgehead atoms. The van der Waals surface area contributed by atoms with E-state index in [-0.39, 0.29) is 12.1 Å². The van der Waals surface area contributed by atoms with Gasteiger partial charge in [-0.15, -0.1) is 0 Å². The molecule has 0 spiro atoms. The number of hydrogen-bond acceptors (Lipinski definition) is 5. The zero-order chi connectivity index (χ0) is 23.7. The Morgan fingerprint density at radius 3 is 2.59 bits per heavy atom. The summed E-state index contributed by atoms with van der Waals surface area (Å²) in [6.45, 7) is 0. The normalized spacial score (nSPS) is 17.5. The molecule has 9 heteroatoms. The maximum atomic E-state index is 6.08. The molecule has 0 unspecified atom stereocenters. The number of hydrogen-bond donors (Lipinski definition) is 1. The molecule has 0 aliphatic carbocycles. The van der Waals surface area contributed by atoms with Gasteiger partial charge in [-0.1, -0.05) is 17.7 Å². The molecular weight excluding hydrogens is 470 g/mol. The molecule has 7 nitrogen and oxygen atoms in total. The van der Waals surface area contributed by atoms with Gasteiger partial charge in [0.15, 0.2) is 5.11 Å². The van der Waals surface area contributed by atoms with Crippen molar-refractivity contribution in [2.45, 2.75) is 12.1 Å². The fraction of sp³-hybridized carbons (Fsp3) is 0.160. The Morgan fingerprint density at radius 1 is 1.00 bits per heavy atom. The molecule has 2 atom stereocenters. The molecule has 1 fully saturated rings. The van der Waals surface area contributed by atoms with Gasteiger partial charge in [-0.05, 0) is 60.7 Å². The molecule has 4 heterocycles. The van der Waals surface area contributed by atoms with Crippen molar-refractivity contribution in [2.24, 2.45) is 0 Å². The van der Waals surface area contributed by atoms with E-state index in [0.717, 1.165) is 22.9 Å². The summed E-state index contributed by atoms with van der Waals surface area (Å²) in [5.41, 5.74) is 2.68. The number of thiocarbonyl (C=S) groups is 1. The Bertz CT molecular complexity index is 1310. The summed E-state index contributed by atoms with van der Waals surface area (Å²) >= 11 is 11.9. The van der Waals surface area contributed by atoms with Gasteiger partial charge in [0.25, 0.3) is 0 Å². The Balaban J connectivity index is 1.68. The molecule has 3 aromatic heterocycles. The first-order chi connectivity index (χ1) is 16.6. The van der Waals surface area contributed by atoms with E-state index in [0.29, 0.717) is 21.6 Å². The molecule has 0 radical (unpaired) electrons. The van der Waals surface area contributed by atoms with Gasteiger partial charge in [0.2, 0.25) is 0 Å². The van der Waals surface area contributed by atoms with Gasteiger partial charge < -0.3 is 24.3 Å². The van der Waals surface area contributed by atoms with Crippen molar-refractivity contribution < 1.29 is 9.47 Å². The number of pyridine rings is 2. The summed E-state index contributed by atoms with van der Waals surface area (Å²) in [5, 5.41) is 4.63. The zero-order valence-corrected chi connectivity index (χ0v) is 20.1. The molecule has 4 aromatic rings. The summed E-state index contributed by atoms with van der Waals surface area (Å²) in [6, 6.07) is 18.9. The van der Waals surface area contributed by atoms with Crippen LogP contribution in [0.25, 0.3) is 5.82 Å². The number of nitrogens with one attached hydrogen (secondary N) is 1. The predicted molar refractivity (Wildman–Crippen MR) is 136 cm³/mol. The van der Waals surface area contributed by atoms with E-state index in [4.69, 9.17) is 33.3 Å². The first-order valence-electron chi connectivity index (χ1n) is 10.6. The second kappa shape index (κ2) is 9.32. The van der Waals surface area contributed by atoms with Crippen LogP contribution < -0.4 is 19.7 Å². The molecule has 1 saturated heterocycles. The Labute approximate surface area is 207 Å².